The Morgan fingerprint density at radius 2 is 0.425 bits per heavy atom. The van der Waals surface area contributed by atoms with Gasteiger partial charge in [0, 0.05) is 127 Å². The lowest BCUT2D eigenvalue weighted by atomic mass is 9.99. The lowest BCUT2D eigenvalue weighted by Crippen LogP contribution is -1.99. The van der Waals surface area contributed by atoms with Crippen molar-refractivity contribution in [3.8, 4) is 84.6 Å². The van der Waals surface area contributed by atoms with Crippen molar-refractivity contribution in [1.82, 2.24) is 28.7 Å². The Hall–Kier alpha value is -16.8. The summed E-state index contributed by atoms with van der Waals surface area (Å²) in [5, 5.41) is 27.3. The van der Waals surface area contributed by atoms with Crippen LogP contribution in [0.15, 0.2) is 461 Å². The molecule has 0 saturated heterocycles. The van der Waals surface area contributed by atoms with E-state index in [1.54, 1.807) is 0 Å². The molecule has 6 heterocycles. The van der Waals surface area contributed by atoms with Crippen LogP contribution in [0, 0.1) is 0 Å². The quantitative estimate of drug-likeness (QED) is 0.135. The molecule has 0 saturated carbocycles. The summed E-state index contributed by atoms with van der Waals surface area (Å²) in [7, 11) is 0. The normalized spacial score (nSPS) is 11.9. The first kappa shape index (κ1) is 77.2. The molecule has 29 aromatic rings. The minimum absolute atomic E-state index is 0.943. The summed E-state index contributed by atoms with van der Waals surface area (Å²) in [5.41, 5.74) is 20.3. The van der Waals surface area contributed by atoms with Gasteiger partial charge in [0.05, 0.1) is 33.1 Å². The van der Waals surface area contributed by atoms with Crippen LogP contribution in [0.1, 0.15) is 0 Å². The molecule has 134 heavy (non-hydrogen) atoms. The number of thiophene rings is 3. The van der Waals surface area contributed by atoms with E-state index in [9.17, 15) is 0 Å². The summed E-state index contributed by atoms with van der Waals surface area (Å²) in [4.78, 5) is 16.4. The van der Waals surface area contributed by atoms with E-state index in [0.29, 0.717) is 0 Å². The third-order valence-corrected chi connectivity index (χ3v) is 30.6. The number of nitrogens with zero attached hydrogens (tertiary/aromatic N) is 6. The van der Waals surface area contributed by atoms with Crippen molar-refractivity contribution >= 4 is 214 Å². The van der Waals surface area contributed by atoms with E-state index in [1.807, 2.05) is 34.0 Å². The number of hydrogen-bond donors (Lipinski definition) is 0. The maximum atomic E-state index is 5.52. The van der Waals surface area contributed by atoms with Gasteiger partial charge in [-0.15, -0.1) is 34.0 Å². The van der Waals surface area contributed by atoms with Gasteiger partial charge in [-0.05, 0) is 184 Å². The number of imidazole rings is 3. The Morgan fingerprint density at radius 1 is 0.149 bits per heavy atom. The van der Waals surface area contributed by atoms with Crippen molar-refractivity contribution < 1.29 is 0 Å². The number of benzene rings is 23. The van der Waals surface area contributed by atoms with Gasteiger partial charge in [0.25, 0.3) is 0 Å². The molecule has 0 aliphatic carbocycles. The zero-order valence-corrected chi connectivity index (χ0v) is 74.7. The fourth-order valence-electron chi connectivity index (χ4n) is 21.0. The van der Waals surface area contributed by atoms with E-state index in [0.717, 1.165) is 84.3 Å². The van der Waals surface area contributed by atoms with Crippen molar-refractivity contribution in [2.24, 2.45) is 0 Å². The van der Waals surface area contributed by atoms with Gasteiger partial charge in [-0.1, -0.05) is 364 Å². The minimum atomic E-state index is 0.943. The zero-order chi connectivity index (χ0) is 88.0. The van der Waals surface area contributed by atoms with Crippen LogP contribution < -0.4 is 0 Å². The molecule has 0 aliphatic heterocycles. The van der Waals surface area contributed by atoms with Crippen LogP contribution in [0.25, 0.3) is 264 Å². The molecule has 29 rings (SSSR count). The molecular weight excluding hydrogens is 1680 g/mol. The second-order valence-electron chi connectivity index (χ2n) is 34.7. The fourth-order valence-corrected chi connectivity index (χ4v) is 24.2. The van der Waals surface area contributed by atoms with Crippen LogP contribution in [-0.4, -0.2) is 28.7 Å². The van der Waals surface area contributed by atoms with Crippen molar-refractivity contribution in [3.63, 3.8) is 0 Å². The standard InChI is InChI=1S/2C43H26N2S.C39H24N2S/c1-2-15-31-27(11-1)12-10-21-37(31)43-44-41-35-19-5-3-16-32(35)33-17-4-6-20-36(33)42(41)45(43)30-14-9-13-28(25-30)29-23-24-40-38(26-29)34-18-7-8-22-39(34)46-40;1-2-11-28-24-31(21-20-27(28)10-1)43-44-41-36-17-5-3-14-33(36)34-15-4-6-18-37(34)42(41)45(43)32-13-9-12-29(25-32)30-22-23-40-38(26-30)35-16-7-8-19-39(35)46-40;1-2-11-25(12-3-1)39-40-37-32-18-6-4-15-29(32)30-16-5-7-19-33(30)38(37)41(39)28-14-10-13-26(23-28)27-21-22-36-34(24-27)31-17-8-9-20-35(31)42-36/h2*1-26H;1-24H. The van der Waals surface area contributed by atoms with Gasteiger partial charge in [0.2, 0.25) is 0 Å². The van der Waals surface area contributed by atoms with E-state index < -0.39 is 0 Å². The molecule has 0 radical (unpaired) electrons. The number of rotatable bonds is 9. The highest BCUT2D eigenvalue weighted by Gasteiger charge is 2.27. The van der Waals surface area contributed by atoms with Gasteiger partial charge in [0.1, 0.15) is 17.5 Å². The Balaban J connectivity index is 0.000000102. The fraction of sp³-hybridized carbons (Fsp3) is 0. The van der Waals surface area contributed by atoms with Crippen molar-refractivity contribution in [2.45, 2.75) is 0 Å². The summed E-state index contributed by atoms with van der Waals surface area (Å²) < 4.78 is 15.1. The molecule has 0 atom stereocenters. The summed E-state index contributed by atoms with van der Waals surface area (Å²) >= 11 is 5.57. The van der Waals surface area contributed by atoms with E-state index in [2.05, 4.69) is 475 Å². The number of fused-ring (bicyclic) bond motifs is 29. The van der Waals surface area contributed by atoms with Crippen LogP contribution in [0.4, 0.5) is 0 Å². The SMILES string of the molecule is c1cc(-c2ccc3sc4ccccc4c3c2)cc(-n2c(-c3ccc4ccccc4c3)nc3c4ccccc4c4ccccc4c32)c1.c1cc(-c2ccc3sc4ccccc4c3c2)cc(-n2c(-c3cccc4ccccc34)nc3c4ccccc4c4ccccc4c32)c1.c1ccc(-c2nc3c4ccccc4c4ccccc4c3n2-c2cccc(-c3ccc4sc5ccccc5c4c3)c2)cc1. The highest BCUT2D eigenvalue weighted by atomic mass is 32.1. The largest absolute Gasteiger partial charge is 0.292 e. The van der Waals surface area contributed by atoms with Gasteiger partial charge in [-0.2, -0.15) is 0 Å². The average molecular weight is 1760 g/mol. The smallest absolute Gasteiger partial charge is 0.146 e. The second kappa shape index (κ2) is 31.5. The first-order valence-electron chi connectivity index (χ1n) is 45.5. The van der Waals surface area contributed by atoms with Gasteiger partial charge in [-0.25, -0.2) is 15.0 Å². The van der Waals surface area contributed by atoms with Crippen LogP contribution in [0.3, 0.4) is 0 Å². The molecule has 23 aromatic carbocycles. The van der Waals surface area contributed by atoms with Gasteiger partial charge >= 0.3 is 0 Å². The number of aromatic nitrogens is 6. The average Bonchev–Trinajstić information content (AvgIpc) is 1.55. The van der Waals surface area contributed by atoms with Gasteiger partial charge in [-0.3, -0.25) is 13.7 Å². The monoisotopic (exact) mass is 1760 g/mol. The van der Waals surface area contributed by atoms with Crippen molar-refractivity contribution in [1.29, 1.82) is 0 Å². The molecule has 0 aliphatic rings. The maximum Gasteiger partial charge on any atom is 0.146 e. The Kier molecular flexibility index (Phi) is 18.2. The Morgan fingerprint density at radius 3 is 0.843 bits per heavy atom. The molecule has 0 unspecified atom stereocenters. The van der Waals surface area contributed by atoms with Crippen LogP contribution in [0.2, 0.25) is 0 Å². The van der Waals surface area contributed by atoms with Crippen LogP contribution >= 0.6 is 34.0 Å². The minimum Gasteiger partial charge on any atom is -0.292 e. The molecule has 9 heteroatoms. The lowest BCUT2D eigenvalue weighted by molar-refractivity contribution is 1.11. The first-order valence-corrected chi connectivity index (χ1v) is 48.0. The summed E-state index contributed by atoms with van der Waals surface area (Å²) in [6.07, 6.45) is 0. The van der Waals surface area contributed by atoms with Crippen molar-refractivity contribution in [3.05, 3.63) is 461 Å². The third-order valence-electron chi connectivity index (χ3n) is 27.1. The lowest BCUT2D eigenvalue weighted by Gasteiger charge is -2.15. The molecule has 624 valence electrons. The Bertz CT molecular complexity index is 9880. The summed E-state index contributed by atoms with van der Waals surface area (Å²) in [5.74, 6) is 2.84. The molecule has 0 spiro atoms. The molecule has 0 amide bonds. The van der Waals surface area contributed by atoms with Gasteiger partial charge < -0.3 is 0 Å². The molecular formula is C125H76N6S3. The third kappa shape index (κ3) is 12.7. The van der Waals surface area contributed by atoms with Crippen molar-refractivity contribution in [2.75, 3.05) is 0 Å². The van der Waals surface area contributed by atoms with E-state index in [-0.39, 0.29) is 0 Å². The van der Waals surface area contributed by atoms with E-state index in [4.69, 9.17) is 15.0 Å². The summed E-state index contributed by atoms with van der Waals surface area (Å²) in [6.45, 7) is 0. The van der Waals surface area contributed by atoms with Gasteiger partial charge in [0.15, 0.2) is 0 Å². The number of hydrogen-bond acceptors (Lipinski definition) is 6. The highest BCUT2D eigenvalue weighted by molar-refractivity contribution is 7.26. The predicted molar refractivity (Wildman–Crippen MR) is 575 cm³/mol. The Labute approximate surface area is 781 Å². The summed E-state index contributed by atoms with van der Waals surface area (Å²) in [6, 6.07) is 167. The highest BCUT2D eigenvalue weighted by Crippen LogP contribution is 2.48. The molecule has 0 N–H and O–H groups in total. The second-order valence-corrected chi connectivity index (χ2v) is 38.0. The first-order chi connectivity index (χ1) is 66.4. The van der Waals surface area contributed by atoms with E-state index >= 15 is 0 Å². The van der Waals surface area contributed by atoms with E-state index in [1.165, 1.54) is 180 Å². The predicted octanol–water partition coefficient (Wildman–Crippen LogP) is 35.4. The maximum absolute atomic E-state index is 5.52. The zero-order valence-electron chi connectivity index (χ0n) is 72.3. The topological polar surface area (TPSA) is 53.5 Å². The van der Waals surface area contributed by atoms with Crippen LogP contribution in [-0.2, 0) is 0 Å². The molecule has 0 bridgehead atoms. The molecule has 6 nitrogen and oxygen atoms in total. The molecule has 0 fully saturated rings. The van der Waals surface area contributed by atoms with Crippen LogP contribution in [0.5, 0.6) is 0 Å². The molecule has 6 aromatic heterocycles.